The normalized spacial score (nSPS) is 20.0. The maximum Gasteiger partial charge on any atom is 0.273 e. The number of non-ortho nitro benzene ring substituents is 2. The number of anilines is 2. The quantitative estimate of drug-likeness (QED) is 0.634. The van der Waals surface area contributed by atoms with E-state index in [2.05, 4.69) is 10.6 Å². The van der Waals surface area contributed by atoms with Gasteiger partial charge in [-0.25, -0.2) is 0 Å². The van der Waals surface area contributed by atoms with Crippen molar-refractivity contribution in [1.82, 2.24) is 0 Å². The molecule has 2 heterocycles. The van der Waals surface area contributed by atoms with Crippen molar-refractivity contribution in [2.45, 2.75) is 12.5 Å². The third kappa shape index (κ3) is 2.20. The molecule has 0 amide bonds. The van der Waals surface area contributed by atoms with E-state index in [4.69, 9.17) is 9.47 Å². The molecule has 122 valence electrons. The predicted molar refractivity (Wildman–Crippen MR) is 82.3 cm³/mol. The van der Waals surface area contributed by atoms with E-state index >= 15 is 0 Å². The van der Waals surface area contributed by atoms with E-state index in [0.717, 1.165) is 0 Å². The lowest BCUT2D eigenvalue weighted by atomic mass is 10.2. The zero-order valence-electron chi connectivity index (χ0n) is 12.0. The van der Waals surface area contributed by atoms with Crippen LogP contribution in [0.25, 0.3) is 0 Å². The molecule has 24 heavy (non-hydrogen) atoms. The van der Waals surface area contributed by atoms with Crippen LogP contribution in [-0.4, -0.2) is 22.3 Å². The number of hydrogen-bond acceptors (Lipinski definition) is 8. The molecule has 0 saturated carbocycles. The molecule has 0 fully saturated rings. The van der Waals surface area contributed by atoms with E-state index in [1.807, 2.05) is 0 Å². The van der Waals surface area contributed by atoms with Crippen LogP contribution in [0, 0.1) is 20.2 Å². The van der Waals surface area contributed by atoms with Crippen molar-refractivity contribution in [1.29, 1.82) is 0 Å². The molecule has 4 rings (SSSR count). The molecular formula is C14H10N4O6. The van der Waals surface area contributed by atoms with Gasteiger partial charge in [-0.3, -0.25) is 20.2 Å². The van der Waals surface area contributed by atoms with Crippen LogP contribution in [0.15, 0.2) is 36.4 Å². The Bertz CT molecular complexity index is 799. The molecule has 0 aliphatic carbocycles. The number of nitro groups is 2. The van der Waals surface area contributed by atoms with Crippen molar-refractivity contribution in [3.63, 3.8) is 0 Å². The second kappa shape index (κ2) is 4.98. The number of hydrogen-bond donors (Lipinski definition) is 2. The minimum atomic E-state index is -0.631. The molecule has 2 aromatic rings. The van der Waals surface area contributed by atoms with Gasteiger partial charge in [0.1, 0.15) is 0 Å². The van der Waals surface area contributed by atoms with Gasteiger partial charge in [-0.15, -0.1) is 0 Å². The van der Waals surface area contributed by atoms with Crippen LogP contribution in [0.2, 0.25) is 0 Å². The summed E-state index contributed by atoms with van der Waals surface area (Å²) in [6.07, 6.45) is -1.26. The van der Waals surface area contributed by atoms with Crippen LogP contribution in [0.4, 0.5) is 22.7 Å². The minimum Gasteiger partial charge on any atom is -0.462 e. The van der Waals surface area contributed by atoms with Gasteiger partial charge in [0.15, 0.2) is 11.5 Å². The van der Waals surface area contributed by atoms with Crippen LogP contribution in [0.1, 0.15) is 0 Å². The van der Waals surface area contributed by atoms with Gasteiger partial charge in [-0.1, -0.05) is 0 Å². The monoisotopic (exact) mass is 330 g/mol. The van der Waals surface area contributed by atoms with Gasteiger partial charge in [0.05, 0.1) is 33.4 Å². The smallest absolute Gasteiger partial charge is 0.273 e. The van der Waals surface area contributed by atoms with E-state index < -0.39 is 22.3 Å². The number of rotatable bonds is 2. The number of benzene rings is 2. The molecular weight excluding hydrogens is 320 g/mol. The Hall–Kier alpha value is -3.56. The van der Waals surface area contributed by atoms with Crippen molar-refractivity contribution >= 4 is 22.7 Å². The summed E-state index contributed by atoms with van der Waals surface area (Å²) in [6.45, 7) is 0. The Kier molecular flexibility index (Phi) is 2.92. The minimum absolute atomic E-state index is 0.0817. The van der Waals surface area contributed by atoms with Crippen LogP contribution >= 0.6 is 0 Å². The van der Waals surface area contributed by atoms with Gasteiger partial charge in [-0.05, 0) is 12.1 Å². The Morgan fingerprint density at radius 1 is 0.792 bits per heavy atom. The first kappa shape index (κ1) is 14.1. The standard InChI is InChI=1S/C14H10N4O6/c19-17(20)7-1-3-9-11(5-7)23-14-13(15-9)24-12-6-8(18(21)22)2-4-10(12)16-14/h1-6,13-16H. The zero-order valence-corrected chi connectivity index (χ0v) is 12.0. The zero-order chi connectivity index (χ0) is 16.8. The van der Waals surface area contributed by atoms with Crippen molar-refractivity contribution < 1.29 is 19.3 Å². The van der Waals surface area contributed by atoms with Gasteiger partial charge >= 0.3 is 0 Å². The molecule has 2 unspecified atom stereocenters. The molecule has 0 spiro atoms. The van der Waals surface area contributed by atoms with Gasteiger partial charge in [-0.2, -0.15) is 0 Å². The lowest BCUT2D eigenvalue weighted by Crippen LogP contribution is -2.52. The molecule has 0 radical (unpaired) electrons. The fourth-order valence-corrected chi connectivity index (χ4v) is 2.60. The lowest BCUT2D eigenvalue weighted by Gasteiger charge is -2.39. The van der Waals surface area contributed by atoms with Gasteiger partial charge in [0, 0.05) is 12.1 Å². The molecule has 0 saturated heterocycles. The van der Waals surface area contributed by atoms with Gasteiger partial charge < -0.3 is 20.1 Å². The predicted octanol–water partition coefficient (Wildman–Crippen LogP) is 2.46. The Labute approximate surface area is 134 Å². The summed E-state index contributed by atoms with van der Waals surface area (Å²) in [5.41, 5.74) is 0.915. The van der Waals surface area contributed by atoms with Crippen LogP contribution in [0.3, 0.4) is 0 Å². The molecule has 2 aliphatic heterocycles. The Morgan fingerprint density at radius 2 is 1.21 bits per heavy atom. The second-order valence-electron chi connectivity index (χ2n) is 5.24. The first-order chi connectivity index (χ1) is 11.5. The molecule has 0 bridgehead atoms. The van der Waals surface area contributed by atoms with Crippen LogP contribution < -0.4 is 20.1 Å². The third-order valence-corrected chi connectivity index (χ3v) is 3.73. The van der Waals surface area contributed by atoms with E-state index in [1.54, 1.807) is 0 Å². The van der Waals surface area contributed by atoms with E-state index in [0.29, 0.717) is 22.9 Å². The Morgan fingerprint density at radius 3 is 1.58 bits per heavy atom. The highest BCUT2D eigenvalue weighted by Gasteiger charge is 2.36. The number of nitrogens with zero attached hydrogens (tertiary/aromatic N) is 2. The second-order valence-corrected chi connectivity index (χ2v) is 5.24. The van der Waals surface area contributed by atoms with E-state index in [-0.39, 0.29) is 11.4 Å². The molecule has 10 heteroatoms. The van der Waals surface area contributed by atoms with Crippen molar-refractivity contribution in [2.24, 2.45) is 0 Å². The Balaban J connectivity index is 1.64. The maximum absolute atomic E-state index is 10.9. The average Bonchev–Trinajstić information content (AvgIpc) is 2.56. The van der Waals surface area contributed by atoms with Crippen LogP contribution in [0.5, 0.6) is 11.5 Å². The summed E-state index contributed by atoms with van der Waals surface area (Å²) >= 11 is 0. The van der Waals surface area contributed by atoms with Crippen molar-refractivity contribution in [3.05, 3.63) is 56.6 Å². The first-order valence-corrected chi connectivity index (χ1v) is 6.94. The number of nitrogens with one attached hydrogen (secondary N) is 2. The number of ether oxygens (including phenoxy) is 2. The SMILES string of the molecule is O=[N+]([O-])c1ccc2c(c1)OC1Nc3ccc([N+](=O)[O-])cc3OC1N2. The fourth-order valence-electron chi connectivity index (χ4n) is 2.60. The largest absolute Gasteiger partial charge is 0.462 e. The molecule has 0 aromatic heterocycles. The highest BCUT2D eigenvalue weighted by atomic mass is 16.6. The highest BCUT2D eigenvalue weighted by Crippen LogP contribution is 2.40. The lowest BCUT2D eigenvalue weighted by molar-refractivity contribution is -0.385. The van der Waals surface area contributed by atoms with E-state index in [9.17, 15) is 20.2 Å². The van der Waals surface area contributed by atoms with Crippen LogP contribution in [-0.2, 0) is 0 Å². The summed E-state index contributed by atoms with van der Waals surface area (Å²) in [5, 5.41) is 27.8. The topological polar surface area (TPSA) is 129 Å². The van der Waals surface area contributed by atoms with Gasteiger partial charge in [0.25, 0.3) is 11.4 Å². The first-order valence-electron chi connectivity index (χ1n) is 6.94. The number of fused-ring (bicyclic) bond motifs is 3. The van der Waals surface area contributed by atoms with E-state index in [1.165, 1.54) is 36.4 Å². The summed E-state index contributed by atoms with van der Waals surface area (Å²) in [5.74, 6) is 0.652. The number of nitro benzene ring substituents is 2. The molecule has 2 aliphatic rings. The summed E-state index contributed by atoms with van der Waals surface area (Å²) in [7, 11) is 0. The average molecular weight is 330 g/mol. The van der Waals surface area contributed by atoms with Crippen molar-refractivity contribution in [3.8, 4) is 11.5 Å². The maximum atomic E-state index is 10.9. The summed E-state index contributed by atoms with van der Waals surface area (Å²) < 4.78 is 11.4. The fraction of sp³-hybridized carbons (Fsp3) is 0.143. The highest BCUT2D eigenvalue weighted by molar-refractivity contribution is 5.67. The summed E-state index contributed by atoms with van der Waals surface area (Å²) in [6, 6.07) is 8.40. The summed E-state index contributed by atoms with van der Waals surface area (Å²) in [4.78, 5) is 20.7. The van der Waals surface area contributed by atoms with Gasteiger partial charge in [0.2, 0.25) is 12.5 Å². The molecule has 2 atom stereocenters. The molecule has 2 N–H and O–H groups in total. The van der Waals surface area contributed by atoms with Crippen molar-refractivity contribution in [2.75, 3.05) is 10.6 Å². The molecule has 10 nitrogen and oxygen atoms in total. The molecule has 2 aromatic carbocycles. The third-order valence-electron chi connectivity index (χ3n) is 3.73.